The molecule has 186 valence electrons. The summed E-state index contributed by atoms with van der Waals surface area (Å²) in [4.78, 5) is 33.1. The van der Waals surface area contributed by atoms with E-state index in [2.05, 4.69) is 34.1 Å². The summed E-state index contributed by atoms with van der Waals surface area (Å²) < 4.78 is 1.01. The number of piperidine rings is 2. The first-order chi connectivity index (χ1) is 16.9. The highest BCUT2D eigenvalue weighted by atomic mass is 79.9. The minimum Gasteiger partial charge on any atom is -0.351 e. The van der Waals surface area contributed by atoms with Crippen LogP contribution in [0.25, 0.3) is 0 Å². The Morgan fingerprint density at radius 1 is 1.00 bits per heavy atom. The van der Waals surface area contributed by atoms with Crippen LogP contribution in [-0.2, 0) is 17.6 Å². The van der Waals surface area contributed by atoms with Crippen LogP contribution in [0.2, 0.25) is 5.02 Å². The van der Waals surface area contributed by atoms with Gasteiger partial charge in [0, 0.05) is 54.2 Å². The molecule has 3 aliphatic rings. The molecule has 2 aliphatic heterocycles. The highest BCUT2D eigenvalue weighted by Crippen LogP contribution is 2.43. The van der Waals surface area contributed by atoms with Crippen LogP contribution in [0.5, 0.6) is 0 Å². The molecule has 1 atom stereocenters. The van der Waals surface area contributed by atoms with Crippen molar-refractivity contribution in [3.05, 3.63) is 62.3 Å². The Kier molecular flexibility index (Phi) is 7.35. The van der Waals surface area contributed by atoms with Crippen LogP contribution in [0.4, 0.5) is 4.79 Å². The number of hydrogen-bond acceptors (Lipinski definition) is 3. The van der Waals surface area contributed by atoms with Gasteiger partial charge in [0.25, 0.3) is 0 Å². The number of pyridine rings is 1. The smallest absolute Gasteiger partial charge is 0.314 e. The first kappa shape index (κ1) is 24.6. The number of hydrogen-bond donors (Lipinski definition) is 1. The number of urea groups is 1. The molecular weight excluding hydrogens is 528 g/mol. The summed E-state index contributed by atoms with van der Waals surface area (Å²) in [6.45, 7) is 2.88. The van der Waals surface area contributed by atoms with E-state index in [1.54, 1.807) is 4.90 Å². The van der Waals surface area contributed by atoms with Gasteiger partial charge in [-0.2, -0.15) is 0 Å². The summed E-state index contributed by atoms with van der Waals surface area (Å²) in [5.41, 5.74) is 10.5. The Labute approximate surface area is 220 Å². The van der Waals surface area contributed by atoms with E-state index in [-0.39, 0.29) is 17.9 Å². The number of likely N-dealkylation sites (tertiary alicyclic amines) is 2. The molecule has 0 spiro atoms. The molecule has 3 heterocycles. The quantitative estimate of drug-likeness (QED) is 0.565. The zero-order valence-electron chi connectivity index (χ0n) is 19.9. The second-order valence-corrected chi connectivity index (χ2v) is 11.6. The molecule has 1 aromatic carbocycles. The van der Waals surface area contributed by atoms with Crippen molar-refractivity contribution in [3.63, 3.8) is 0 Å². The van der Waals surface area contributed by atoms with Crippen molar-refractivity contribution < 1.29 is 9.59 Å². The number of halogens is 2. The zero-order chi connectivity index (χ0) is 24.5. The third-order valence-electron chi connectivity index (χ3n) is 8.12. The molecule has 6 nitrogen and oxygen atoms in total. The van der Waals surface area contributed by atoms with E-state index in [1.165, 1.54) is 22.4 Å². The highest BCUT2D eigenvalue weighted by molar-refractivity contribution is 9.10. The largest absolute Gasteiger partial charge is 0.351 e. The zero-order valence-corrected chi connectivity index (χ0v) is 22.2. The monoisotopic (exact) mass is 558 g/mol. The summed E-state index contributed by atoms with van der Waals surface area (Å²) >= 11 is 9.96. The van der Waals surface area contributed by atoms with Crippen LogP contribution >= 0.6 is 27.5 Å². The van der Waals surface area contributed by atoms with Gasteiger partial charge in [0.1, 0.15) is 0 Å². The first-order valence-electron chi connectivity index (χ1n) is 12.6. The van der Waals surface area contributed by atoms with Crippen LogP contribution in [0.1, 0.15) is 60.4 Å². The molecule has 0 saturated carbocycles. The fourth-order valence-corrected chi connectivity index (χ4v) is 6.75. The minimum atomic E-state index is -0.359. The maximum absolute atomic E-state index is 13.1. The highest BCUT2D eigenvalue weighted by Gasteiger charge is 2.35. The lowest BCUT2D eigenvalue weighted by molar-refractivity contribution is -0.134. The number of nitrogens with two attached hydrogens (primary N) is 1. The number of nitrogens with zero attached hydrogens (tertiary/aromatic N) is 3. The predicted molar refractivity (Wildman–Crippen MR) is 140 cm³/mol. The maximum Gasteiger partial charge on any atom is 0.314 e. The molecule has 8 heteroatoms. The normalized spacial score (nSPS) is 21.3. The van der Waals surface area contributed by atoms with E-state index >= 15 is 0 Å². The lowest BCUT2D eigenvalue weighted by Gasteiger charge is -2.38. The van der Waals surface area contributed by atoms with Crippen molar-refractivity contribution in [2.75, 3.05) is 26.2 Å². The van der Waals surface area contributed by atoms with Gasteiger partial charge in [-0.1, -0.05) is 17.7 Å². The molecular formula is C27H32BrClN4O2. The SMILES string of the molecule is NC(=O)N1CCC(CC(=O)N2CCC([C@H]3c4ccc(Cl)cc4CCc4cc(Br)cnc43)CC2)CC1. The Hall–Kier alpha value is -2.12. The molecule has 2 N–H and O–H groups in total. The fourth-order valence-electron chi connectivity index (χ4n) is 6.18. The molecule has 2 aromatic rings. The van der Waals surface area contributed by atoms with Gasteiger partial charge in [-0.05, 0) is 101 Å². The van der Waals surface area contributed by atoms with Gasteiger partial charge in [-0.25, -0.2) is 4.79 Å². The molecule has 35 heavy (non-hydrogen) atoms. The number of aryl methyl sites for hydroxylation is 2. The van der Waals surface area contributed by atoms with E-state index in [9.17, 15) is 9.59 Å². The number of primary amides is 1. The molecule has 0 unspecified atom stereocenters. The van der Waals surface area contributed by atoms with Crippen molar-refractivity contribution in [1.82, 2.24) is 14.8 Å². The first-order valence-corrected chi connectivity index (χ1v) is 13.8. The number of carbonyl (C=O) groups is 2. The van der Waals surface area contributed by atoms with Crippen molar-refractivity contribution in [3.8, 4) is 0 Å². The molecule has 5 rings (SSSR count). The third-order valence-corrected chi connectivity index (χ3v) is 8.79. The Morgan fingerprint density at radius 3 is 2.40 bits per heavy atom. The summed E-state index contributed by atoms with van der Waals surface area (Å²) in [6.07, 6.45) is 8.04. The van der Waals surface area contributed by atoms with Gasteiger partial charge >= 0.3 is 6.03 Å². The maximum atomic E-state index is 13.1. The van der Waals surface area contributed by atoms with Crippen molar-refractivity contribution in [1.29, 1.82) is 0 Å². The van der Waals surface area contributed by atoms with E-state index in [0.29, 0.717) is 31.3 Å². The number of benzene rings is 1. The molecule has 2 saturated heterocycles. The Bertz CT molecular complexity index is 1060. The van der Waals surface area contributed by atoms with Crippen LogP contribution < -0.4 is 5.73 Å². The average molecular weight is 560 g/mol. The summed E-state index contributed by atoms with van der Waals surface area (Å²) in [7, 11) is 0. The second-order valence-electron chi connectivity index (χ2n) is 10.2. The van der Waals surface area contributed by atoms with Gasteiger partial charge in [-0.15, -0.1) is 0 Å². The number of fused-ring (bicyclic) bond motifs is 2. The van der Waals surface area contributed by atoms with Crippen LogP contribution in [0.15, 0.2) is 34.9 Å². The lowest BCUT2D eigenvalue weighted by atomic mass is 9.76. The Morgan fingerprint density at radius 2 is 1.69 bits per heavy atom. The van der Waals surface area contributed by atoms with Gasteiger partial charge in [-0.3, -0.25) is 9.78 Å². The number of carbonyl (C=O) groups excluding carboxylic acids is 2. The minimum absolute atomic E-state index is 0.225. The molecule has 1 aromatic heterocycles. The Balaban J connectivity index is 1.28. The van der Waals surface area contributed by atoms with Crippen molar-refractivity contribution in [2.45, 2.75) is 50.9 Å². The lowest BCUT2D eigenvalue weighted by Crippen LogP contribution is -2.44. The molecule has 3 amide bonds. The number of aromatic nitrogens is 1. The van der Waals surface area contributed by atoms with Crippen LogP contribution in [0.3, 0.4) is 0 Å². The van der Waals surface area contributed by atoms with Crippen molar-refractivity contribution >= 4 is 39.5 Å². The van der Waals surface area contributed by atoms with E-state index in [1.807, 2.05) is 17.2 Å². The fraction of sp³-hybridized carbons (Fsp3) is 0.519. The van der Waals surface area contributed by atoms with E-state index in [4.69, 9.17) is 22.3 Å². The van der Waals surface area contributed by atoms with Crippen molar-refractivity contribution in [2.24, 2.45) is 17.6 Å². The van der Waals surface area contributed by atoms with Gasteiger partial charge in [0.15, 0.2) is 0 Å². The van der Waals surface area contributed by atoms with Gasteiger partial charge < -0.3 is 15.5 Å². The van der Waals surface area contributed by atoms with Crippen LogP contribution in [-0.4, -0.2) is 52.9 Å². The summed E-state index contributed by atoms with van der Waals surface area (Å²) in [5, 5.41) is 0.782. The van der Waals surface area contributed by atoms with E-state index < -0.39 is 0 Å². The van der Waals surface area contributed by atoms with Gasteiger partial charge in [0.05, 0.1) is 5.69 Å². The molecule has 1 aliphatic carbocycles. The average Bonchev–Trinajstić information content (AvgIpc) is 3.00. The summed E-state index contributed by atoms with van der Waals surface area (Å²) in [6, 6.07) is 8.16. The van der Waals surface area contributed by atoms with E-state index in [0.717, 1.165) is 61.1 Å². The predicted octanol–water partition coefficient (Wildman–Crippen LogP) is 5.15. The molecule has 2 fully saturated rings. The summed E-state index contributed by atoms with van der Waals surface area (Å²) in [5.74, 6) is 1.24. The number of amides is 3. The van der Waals surface area contributed by atoms with Crippen LogP contribution in [0, 0.1) is 11.8 Å². The molecule has 0 radical (unpaired) electrons. The molecule has 0 bridgehead atoms. The number of rotatable bonds is 3. The second kappa shape index (κ2) is 10.5. The van der Waals surface area contributed by atoms with Gasteiger partial charge in [0.2, 0.25) is 5.91 Å². The topological polar surface area (TPSA) is 79.5 Å². The third kappa shape index (κ3) is 5.36. The standard InChI is InChI=1S/C27H32BrClN4O2/c28-21-14-20-2-1-19-15-22(29)3-4-23(19)25(26(20)31-16-21)18-7-11-32(12-8-18)24(34)13-17-5-9-33(10-6-17)27(30)35/h3-4,14-18,25H,1-2,5-13H2,(H2,30,35)/t25-/m0/s1.